The minimum absolute atomic E-state index is 0. The predicted molar refractivity (Wildman–Crippen MR) is 187 cm³/mol. The summed E-state index contributed by atoms with van der Waals surface area (Å²) in [5.74, 6) is -0.0917. The van der Waals surface area contributed by atoms with Crippen LogP contribution in [0, 0.1) is 0 Å². The van der Waals surface area contributed by atoms with Gasteiger partial charge in [-0.1, -0.05) is 90.5 Å². The summed E-state index contributed by atoms with van der Waals surface area (Å²) in [7, 11) is 0. The number of hydrogen-bond donors (Lipinski definition) is 1. The van der Waals surface area contributed by atoms with Crippen LogP contribution in [0.25, 0.3) is 0 Å². The molecule has 1 saturated heterocycles. The first-order valence-electron chi connectivity index (χ1n) is 15.8. The number of piperazine rings is 1. The second kappa shape index (κ2) is 17.6. The van der Waals surface area contributed by atoms with Crippen molar-refractivity contribution in [1.29, 1.82) is 0 Å². The molecule has 6 nitrogen and oxygen atoms in total. The molecule has 0 saturated carbocycles. The van der Waals surface area contributed by atoms with Gasteiger partial charge in [0.1, 0.15) is 5.75 Å². The first-order chi connectivity index (χ1) is 22.7. The van der Waals surface area contributed by atoms with E-state index in [0.29, 0.717) is 44.8 Å². The second-order valence-corrected chi connectivity index (χ2v) is 12.1. The molecule has 5 rings (SSSR count). The summed E-state index contributed by atoms with van der Waals surface area (Å²) in [5, 5.41) is 8.81. The largest absolute Gasteiger partial charge is 0.493 e. The molecule has 1 N–H and O–H groups in total. The molecular formula is C37H40Cl2F3N3O3. The Morgan fingerprint density at radius 2 is 1.50 bits per heavy atom. The Kier molecular flexibility index (Phi) is 13.6. The third kappa shape index (κ3) is 10.4. The average molecular weight is 703 g/mol. The van der Waals surface area contributed by atoms with Gasteiger partial charge in [0.25, 0.3) is 0 Å². The highest BCUT2D eigenvalue weighted by Crippen LogP contribution is 2.37. The molecule has 0 unspecified atom stereocenters. The van der Waals surface area contributed by atoms with E-state index in [1.165, 1.54) is 6.07 Å². The van der Waals surface area contributed by atoms with Crippen molar-refractivity contribution in [3.63, 3.8) is 0 Å². The van der Waals surface area contributed by atoms with Crippen molar-refractivity contribution in [3.05, 3.63) is 130 Å². The fourth-order valence-electron chi connectivity index (χ4n) is 6.03. The van der Waals surface area contributed by atoms with Gasteiger partial charge in [-0.25, -0.2) is 0 Å². The minimum atomic E-state index is -4.54. The van der Waals surface area contributed by atoms with E-state index in [0.717, 1.165) is 41.7 Å². The summed E-state index contributed by atoms with van der Waals surface area (Å²) < 4.78 is 47.2. The van der Waals surface area contributed by atoms with E-state index in [9.17, 15) is 18.0 Å². The van der Waals surface area contributed by atoms with Crippen LogP contribution in [0.3, 0.4) is 0 Å². The summed E-state index contributed by atoms with van der Waals surface area (Å²) >= 11 is 6.35. The first-order valence-corrected chi connectivity index (χ1v) is 16.1. The normalized spacial score (nSPS) is 13.8. The van der Waals surface area contributed by atoms with Gasteiger partial charge in [-0.15, -0.1) is 12.4 Å². The van der Waals surface area contributed by atoms with Crippen LogP contribution in [-0.4, -0.2) is 73.3 Å². The van der Waals surface area contributed by atoms with Crippen LogP contribution < -0.4 is 9.64 Å². The number of carboxylic acid groups (broad SMARTS) is 1. The Labute approximate surface area is 291 Å². The highest BCUT2D eigenvalue weighted by Gasteiger charge is 2.34. The third-order valence-corrected chi connectivity index (χ3v) is 8.87. The summed E-state index contributed by atoms with van der Waals surface area (Å²) in [6.45, 7) is 4.68. The molecule has 11 heteroatoms. The van der Waals surface area contributed by atoms with Crippen molar-refractivity contribution in [1.82, 2.24) is 9.80 Å². The van der Waals surface area contributed by atoms with Crippen LogP contribution >= 0.6 is 24.0 Å². The number of benzene rings is 4. The van der Waals surface area contributed by atoms with Gasteiger partial charge in [-0.05, 0) is 41.3 Å². The van der Waals surface area contributed by atoms with Gasteiger partial charge in [0.05, 0.1) is 23.7 Å². The molecule has 256 valence electrons. The van der Waals surface area contributed by atoms with Crippen molar-refractivity contribution in [3.8, 4) is 5.75 Å². The second-order valence-electron chi connectivity index (χ2n) is 11.7. The molecule has 0 aliphatic carbocycles. The van der Waals surface area contributed by atoms with E-state index in [1.54, 1.807) is 6.07 Å². The minimum Gasteiger partial charge on any atom is -0.493 e. The van der Waals surface area contributed by atoms with Crippen molar-refractivity contribution in [2.75, 3.05) is 57.3 Å². The quantitative estimate of drug-likeness (QED) is 0.134. The molecule has 0 amide bonds. The van der Waals surface area contributed by atoms with Crippen molar-refractivity contribution in [2.45, 2.75) is 25.1 Å². The molecule has 0 radical (unpaired) electrons. The molecule has 0 atom stereocenters. The SMILES string of the molecule is Cl.O=C(O)CN1CCN(c2cccc(OCCCN(Cc3cccc(C(F)(F)F)c3Cl)CC(c3ccccc3)c3ccccc3)c2)CC1. The van der Waals surface area contributed by atoms with Crippen LogP contribution in [0.15, 0.2) is 103 Å². The van der Waals surface area contributed by atoms with Gasteiger partial charge < -0.3 is 14.7 Å². The zero-order valence-electron chi connectivity index (χ0n) is 26.5. The number of halogens is 5. The fourth-order valence-corrected chi connectivity index (χ4v) is 6.33. The topological polar surface area (TPSA) is 56.3 Å². The first kappa shape index (κ1) is 37.1. The molecule has 1 aliphatic heterocycles. The van der Waals surface area contributed by atoms with Crippen molar-refractivity contribution in [2.24, 2.45) is 0 Å². The van der Waals surface area contributed by atoms with E-state index in [2.05, 4.69) is 34.1 Å². The number of anilines is 1. The summed E-state index contributed by atoms with van der Waals surface area (Å²) in [5.41, 5.74) is 2.86. The number of alkyl halides is 3. The summed E-state index contributed by atoms with van der Waals surface area (Å²) in [6.07, 6.45) is -3.89. The third-order valence-electron chi connectivity index (χ3n) is 8.42. The number of carbonyl (C=O) groups is 1. The molecule has 1 fully saturated rings. The summed E-state index contributed by atoms with van der Waals surface area (Å²) in [4.78, 5) is 17.4. The van der Waals surface area contributed by atoms with Gasteiger partial charge in [-0.3, -0.25) is 14.6 Å². The number of carboxylic acids is 1. The van der Waals surface area contributed by atoms with E-state index in [1.807, 2.05) is 65.6 Å². The van der Waals surface area contributed by atoms with Gasteiger partial charge in [0.15, 0.2) is 0 Å². The van der Waals surface area contributed by atoms with Crippen molar-refractivity contribution >= 4 is 35.7 Å². The lowest BCUT2D eigenvalue weighted by Crippen LogP contribution is -2.47. The van der Waals surface area contributed by atoms with Gasteiger partial charge >= 0.3 is 12.1 Å². The molecule has 4 aromatic carbocycles. The maximum atomic E-state index is 13.7. The molecule has 0 spiro atoms. The number of hydrogen-bond acceptors (Lipinski definition) is 5. The highest BCUT2D eigenvalue weighted by molar-refractivity contribution is 6.32. The predicted octanol–water partition coefficient (Wildman–Crippen LogP) is 8.09. The van der Waals surface area contributed by atoms with E-state index in [4.69, 9.17) is 21.4 Å². The lowest BCUT2D eigenvalue weighted by atomic mass is 9.90. The average Bonchev–Trinajstić information content (AvgIpc) is 3.06. The maximum absolute atomic E-state index is 13.7. The van der Waals surface area contributed by atoms with Crippen LogP contribution in [0.1, 0.15) is 34.6 Å². The lowest BCUT2D eigenvalue weighted by Gasteiger charge is -2.35. The molecule has 48 heavy (non-hydrogen) atoms. The molecule has 1 aliphatic rings. The van der Waals surface area contributed by atoms with Crippen LogP contribution in [0.5, 0.6) is 5.75 Å². The molecule has 4 aromatic rings. The molecule has 0 aromatic heterocycles. The van der Waals surface area contributed by atoms with Gasteiger partial charge in [-0.2, -0.15) is 13.2 Å². The smallest absolute Gasteiger partial charge is 0.417 e. The van der Waals surface area contributed by atoms with Crippen LogP contribution in [-0.2, 0) is 17.5 Å². The lowest BCUT2D eigenvalue weighted by molar-refractivity contribution is -0.139. The van der Waals surface area contributed by atoms with Crippen LogP contribution in [0.2, 0.25) is 5.02 Å². The number of aliphatic carboxylic acids is 1. The monoisotopic (exact) mass is 701 g/mol. The number of rotatable bonds is 14. The Bertz CT molecular complexity index is 1550. The van der Waals surface area contributed by atoms with Crippen LogP contribution in [0.4, 0.5) is 18.9 Å². The van der Waals surface area contributed by atoms with Gasteiger partial charge in [0.2, 0.25) is 0 Å². The zero-order valence-corrected chi connectivity index (χ0v) is 28.1. The number of nitrogens with zero attached hydrogens (tertiary/aromatic N) is 3. The van der Waals surface area contributed by atoms with Crippen molar-refractivity contribution < 1.29 is 27.8 Å². The zero-order chi connectivity index (χ0) is 33.2. The van der Waals surface area contributed by atoms with E-state index in [-0.39, 0.29) is 36.4 Å². The molecule has 0 bridgehead atoms. The standard InChI is InChI=1S/C37H39ClF3N3O3.ClH/c38-36-30(14-7-17-34(36)37(39,40)41)25-43(26-33(28-10-3-1-4-11-28)29-12-5-2-6-13-29)18-9-23-47-32-16-8-15-31(24-32)44-21-19-42(20-22-44)27-35(45)46;/h1-8,10-17,24,33H,9,18-23,25-27H2,(H,45,46);1H. The fraction of sp³-hybridized carbons (Fsp3) is 0.324. The number of ether oxygens (including phenoxy) is 1. The Balaban J connectivity index is 0.00000520. The summed E-state index contributed by atoms with van der Waals surface area (Å²) in [6, 6.07) is 32.2. The Hall–Kier alpha value is -3.76. The van der Waals surface area contributed by atoms with E-state index >= 15 is 0 Å². The Morgan fingerprint density at radius 3 is 2.10 bits per heavy atom. The maximum Gasteiger partial charge on any atom is 0.417 e. The Morgan fingerprint density at radius 1 is 0.875 bits per heavy atom. The van der Waals surface area contributed by atoms with Gasteiger partial charge in [0, 0.05) is 63.5 Å². The van der Waals surface area contributed by atoms with E-state index < -0.39 is 17.7 Å². The molecule has 1 heterocycles. The molecular weight excluding hydrogens is 662 g/mol. The highest BCUT2D eigenvalue weighted by atomic mass is 35.5.